The Kier molecular flexibility index (Phi) is 4.96. The van der Waals surface area contributed by atoms with Crippen molar-refractivity contribution < 1.29 is 24.5 Å². The van der Waals surface area contributed by atoms with Gasteiger partial charge < -0.3 is 25.8 Å². The monoisotopic (exact) mass is 579 g/mol. The maximum Gasteiger partial charge on any atom is 0.407 e. The number of hydrogen-bond acceptors (Lipinski definition) is 9. The fraction of sp³-hybridized carbons (Fsp3) is 0.500. The third-order valence-corrected chi connectivity index (χ3v) is 8.78. The summed E-state index contributed by atoms with van der Waals surface area (Å²) in [6.45, 7) is -2.79. The summed E-state index contributed by atoms with van der Waals surface area (Å²) in [5.41, 5.74) is 4.96. The molecule has 14 heteroatoms. The van der Waals surface area contributed by atoms with Gasteiger partial charge in [-0.15, -0.1) is 5.10 Å². The maximum atomic E-state index is 13.6. The molecule has 0 aromatic carbocycles. The molecule has 4 aromatic rings. The molecular formula is C28H33N9O5. The topological polar surface area (TPSA) is 173 Å². The Labute approximate surface area is 245 Å². The van der Waals surface area contributed by atoms with Gasteiger partial charge in [0.25, 0.3) is 0 Å². The van der Waals surface area contributed by atoms with Gasteiger partial charge in [0, 0.05) is 29.2 Å². The average molecular weight is 580 g/mol. The van der Waals surface area contributed by atoms with Gasteiger partial charge in [0.1, 0.15) is 17.2 Å². The number of hydrogen-bond donors (Lipinski definition) is 3. The molecule has 3 aliphatic carbocycles. The number of ether oxygens (including phenoxy) is 2. The van der Waals surface area contributed by atoms with E-state index in [9.17, 15) is 14.4 Å². The van der Waals surface area contributed by atoms with Gasteiger partial charge >= 0.3 is 11.8 Å². The molecule has 220 valence electrons. The number of rotatable bonds is 8. The van der Waals surface area contributed by atoms with E-state index in [1.807, 2.05) is 0 Å². The first-order chi connectivity index (χ1) is 21.8. The maximum absolute atomic E-state index is 13.6. The number of methoxy groups -OCH3 is 2. The molecule has 4 heterocycles. The lowest BCUT2D eigenvalue weighted by atomic mass is 10.1. The summed E-state index contributed by atoms with van der Waals surface area (Å²) < 4.78 is 46.5. The zero-order chi connectivity index (χ0) is 32.8. The molecule has 0 saturated heterocycles. The number of amides is 2. The Hall–Kier alpha value is -4.62. The third kappa shape index (κ3) is 3.99. The Morgan fingerprint density at radius 1 is 1.19 bits per heavy atom. The number of nitrogens with two attached hydrogens (primary N) is 1. The molecule has 14 nitrogen and oxygen atoms in total. The number of primary amides is 1. The van der Waals surface area contributed by atoms with Gasteiger partial charge in [-0.3, -0.25) is 13.9 Å². The van der Waals surface area contributed by atoms with Crippen LogP contribution in [0.2, 0.25) is 0 Å². The summed E-state index contributed by atoms with van der Waals surface area (Å²) in [4.78, 5) is 47.4. The van der Waals surface area contributed by atoms with Crippen molar-refractivity contribution in [2.75, 3.05) is 19.5 Å². The molecule has 4 unspecified atom stereocenters. The van der Waals surface area contributed by atoms with Crippen molar-refractivity contribution in [3.8, 4) is 5.88 Å². The predicted molar refractivity (Wildman–Crippen MR) is 153 cm³/mol. The van der Waals surface area contributed by atoms with E-state index >= 15 is 0 Å². The summed E-state index contributed by atoms with van der Waals surface area (Å²) in [5, 5.41) is 10.8. The van der Waals surface area contributed by atoms with Crippen LogP contribution in [0, 0.1) is 11.8 Å². The predicted octanol–water partition coefficient (Wildman–Crippen LogP) is 2.29. The number of fused-ring (bicyclic) bond motifs is 2. The van der Waals surface area contributed by atoms with Gasteiger partial charge in [-0.2, -0.15) is 0 Å². The molecule has 3 saturated carbocycles. The molecule has 0 radical (unpaired) electrons. The van der Waals surface area contributed by atoms with Crippen molar-refractivity contribution in [1.29, 1.82) is 0 Å². The first-order valence-corrected chi connectivity index (χ1v) is 13.8. The molecule has 7 rings (SSSR count). The molecule has 4 atom stereocenters. The van der Waals surface area contributed by atoms with Crippen molar-refractivity contribution in [3.05, 3.63) is 34.9 Å². The SMILES string of the molecule is [2H]C1(NC(=O)OC)CCC(n2c(=O)n(C([2H])([2H])[2H])c3cnc(Nc4ccc5c(OC)nn(C6(C(N)=O)CC6C6CC6)c5n4)cc32)C1. The van der Waals surface area contributed by atoms with E-state index in [-0.39, 0.29) is 35.6 Å². The van der Waals surface area contributed by atoms with Crippen LogP contribution in [0.15, 0.2) is 29.2 Å². The van der Waals surface area contributed by atoms with Gasteiger partial charge in [0.15, 0.2) is 5.65 Å². The molecule has 4 aromatic heterocycles. The molecule has 2 amide bonds. The van der Waals surface area contributed by atoms with Gasteiger partial charge in [-0.1, -0.05) is 0 Å². The van der Waals surface area contributed by atoms with Crippen molar-refractivity contribution in [3.63, 3.8) is 0 Å². The average Bonchev–Trinajstić information content (AvgIpc) is 3.88. The van der Waals surface area contributed by atoms with Gasteiger partial charge in [0.05, 0.1) is 38.2 Å². The summed E-state index contributed by atoms with van der Waals surface area (Å²) in [5.74, 6) is 0.971. The molecule has 0 aliphatic heterocycles. The lowest BCUT2D eigenvalue weighted by Gasteiger charge is -2.15. The first kappa shape index (κ1) is 22.0. The minimum Gasteiger partial charge on any atom is -0.479 e. The van der Waals surface area contributed by atoms with Crippen LogP contribution >= 0.6 is 0 Å². The highest BCUT2D eigenvalue weighted by molar-refractivity contribution is 5.91. The normalized spacial score (nSPS) is 28.5. The van der Waals surface area contributed by atoms with Crippen molar-refractivity contribution in [2.24, 2.45) is 24.5 Å². The molecule has 0 spiro atoms. The number of imidazole rings is 1. The van der Waals surface area contributed by atoms with Crippen molar-refractivity contribution in [1.82, 2.24) is 34.2 Å². The van der Waals surface area contributed by atoms with Crippen LogP contribution in [-0.2, 0) is 22.0 Å². The molecule has 3 fully saturated rings. The number of carbonyl (C=O) groups excluding carboxylic acids is 2. The number of pyridine rings is 2. The third-order valence-electron chi connectivity index (χ3n) is 8.78. The zero-order valence-corrected chi connectivity index (χ0v) is 23.1. The second-order valence-corrected chi connectivity index (χ2v) is 11.2. The minimum atomic E-state index is -2.79. The van der Waals surface area contributed by atoms with Crippen LogP contribution < -0.4 is 26.8 Å². The van der Waals surface area contributed by atoms with Crippen LogP contribution in [0.5, 0.6) is 5.88 Å². The number of carbonyl (C=O) groups is 2. The molecule has 4 N–H and O–H groups in total. The fourth-order valence-electron chi connectivity index (χ4n) is 6.46. The summed E-state index contributed by atoms with van der Waals surface area (Å²) in [6, 6.07) is 3.02. The van der Waals surface area contributed by atoms with E-state index in [4.69, 9.17) is 20.9 Å². The number of nitrogens with zero attached hydrogens (tertiary/aromatic N) is 6. The van der Waals surface area contributed by atoms with Crippen LogP contribution in [0.3, 0.4) is 0 Å². The molecule has 42 heavy (non-hydrogen) atoms. The number of nitrogens with one attached hydrogen (secondary N) is 2. The van der Waals surface area contributed by atoms with Gasteiger partial charge in [0.2, 0.25) is 11.8 Å². The van der Waals surface area contributed by atoms with Crippen LogP contribution in [0.4, 0.5) is 16.4 Å². The highest BCUT2D eigenvalue weighted by atomic mass is 16.5. The van der Waals surface area contributed by atoms with E-state index in [2.05, 4.69) is 25.5 Å². The van der Waals surface area contributed by atoms with E-state index < -0.39 is 42.3 Å². The fourth-order valence-corrected chi connectivity index (χ4v) is 6.46. The number of aryl methyl sites for hydroxylation is 1. The summed E-state index contributed by atoms with van der Waals surface area (Å²) in [6.07, 6.45) is 3.83. The zero-order valence-electron chi connectivity index (χ0n) is 27.1. The molecule has 0 bridgehead atoms. The van der Waals surface area contributed by atoms with E-state index in [0.29, 0.717) is 46.1 Å². The Bertz CT molecular complexity index is 1970. The van der Waals surface area contributed by atoms with Gasteiger partial charge in [-0.25, -0.2) is 24.2 Å². The number of anilines is 2. The molecule has 3 aliphatic rings. The first-order valence-electron chi connectivity index (χ1n) is 15.8. The second kappa shape index (κ2) is 9.46. The Morgan fingerprint density at radius 2 is 2.02 bits per heavy atom. The van der Waals surface area contributed by atoms with Crippen LogP contribution in [-0.4, -0.2) is 61.1 Å². The highest BCUT2D eigenvalue weighted by Crippen LogP contribution is 2.61. The summed E-state index contributed by atoms with van der Waals surface area (Å²) >= 11 is 0. The number of alkyl carbamates (subject to hydrolysis) is 1. The molecular weight excluding hydrogens is 542 g/mol. The standard InChI is InChI=1S/C28H33N9O5/c1-35-20-13-30-22(11-19(20)36(27(35)40)16-7-6-15(10-16)31-26(39)42-3)32-21-9-8-17-23(33-21)37(34-24(17)41-2)28(25(29)38)12-18(28)14-4-5-14/h8-9,11,13-16,18H,4-7,10,12H2,1-3H3,(H2,29,38)(H,31,39)(H,30,32,33)/i1D3,15D. The quantitative estimate of drug-likeness (QED) is 0.283. The lowest BCUT2D eigenvalue weighted by Crippen LogP contribution is -2.37. The second-order valence-electron chi connectivity index (χ2n) is 11.2. The van der Waals surface area contributed by atoms with Crippen molar-refractivity contribution in [2.45, 2.75) is 56.1 Å². The largest absolute Gasteiger partial charge is 0.479 e. The van der Waals surface area contributed by atoms with Gasteiger partial charge in [-0.05, 0) is 62.5 Å². The van der Waals surface area contributed by atoms with Crippen molar-refractivity contribution >= 4 is 45.7 Å². The minimum absolute atomic E-state index is 0.0563. The van der Waals surface area contributed by atoms with Crippen LogP contribution in [0.1, 0.15) is 50.0 Å². The van der Waals surface area contributed by atoms with E-state index in [0.717, 1.165) is 12.8 Å². The van der Waals surface area contributed by atoms with E-state index in [1.54, 1.807) is 22.9 Å². The Morgan fingerprint density at radius 3 is 2.74 bits per heavy atom. The smallest absolute Gasteiger partial charge is 0.407 e. The van der Waals surface area contributed by atoms with E-state index in [1.165, 1.54) is 25.0 Å². The Balaban J connectivity index is 1.27. The number of aromatic nitrogens is 6. The van der Waals surface area contributed by atoms with Crippen LogP contribution in [0.25, 0.3) is 22.1 Å². The lowest BCUT2D eigenvalue weighted by molar-refractivity contribution is -0.123. The summed E-state index contributed by atoms with van der Waals surface area (Å²) in [7, 11) is 2.69. The highest BCUT2D eigenvalue weighted by Gasteiger charge is 2.67.